The molecule has 47 heavy (non-hydrogen) atoms. The fourth-order valence-electron chi connectivity index (χ4n) is 5.00. The summed E-state index contributed by atoms with van der Waals surface area (Å²) in [5.41, 5.74) is 4.19. The Morgan fingerprint density at radius 3 is 1.60 bits per heavy atom. The van der Waals surface area contributed by atoms with Gasteiger partial charge in [-0.05, 0) is 35.4 Å². The highest BCUT2D eigenvalue weighted by Gasteiger charge is 2.33. The maximum atomic E-state index is 12.4. The molecule has 0 radical (unpaired) electrons. The van der Waals surface area contributed by atoms with Gasteiger partial charge in [0.15, 0.2) is 22.9 Å². The van der Waals surface area contributed by atoms with Crippen molar-refractivity contribution < 1.29 is 23.7 Å². The second-order valence-electron chi connectivity index (χ2n) is 11.0. The molecule has 236 valence electrons. The van der Waals surface area contributed by atoms with Crippen molar-refractivity contribution in [3.63, 3.8) is 0 Å². The molecule has 0 aliphatic carbocycles. The predicted molar refractivity (Wildman–Crippen MR) is 174 cm³/mol. The third-order valence-electron chi connectivity index (χ3n) is 7.79. The average molecular weight is 629 g/mol. The molecule has 0 atom stereocenters. The summed E-state index contributed by atoms with van der Waals surface area (Å²) in [6.45, 7) is 3.75. The number of hydrogen-bond donors (Lipinski definition) is 2. The Balaban J connectivity index is 0.000000136. The Bertz CT molecular complexity index is 1870. The van der Waals surface area contributed by atoms with E-state index >= 15 is 0 Å². The van der Waals surface area contributed by atoms with Crippen LogP contribution in [-0.4, -0.2) is 68.3 Å². The number of nitrogens with zero attached hydrogens (tertiary/aromatic N) is 5. The van der Waals surface area contributed by atoms with E-state index in [1.54, 1.807) is 41.6 Å². The van der Waals surface area contributed by atoms with Gasteiger partial charge < -0.3 is 24.4 Å². The number of carboxylic acid groups (broad SMARTS) is 1. The quantitative estimate of drug-likeness (QED) is 0.232. The summed E-state index contributed by atoms with van der Waals surface area (Å²) in [5, 5.41) is 19.1. The zero-order valence-corrected chi connectivity index (χ0v) is 25.3. The van der Waals surface area contributed by atoms with Gasteiger partial charge in [0.05, 0.1) is 0 Å². The minimum Gasteiger partial charge on any atom is -0.476 e. The van der Waals surface area contributed by atoms with Gasteiger partial charge in [-0.3, -0.25) is 14.8 Å². The number of hydrogen-bond acceptors (Lipinski definition) is 9. The van der Waals surface area contributed by atoms with Crippen LogP contribution in [0.25, 0.3) is 22.9 Å². The lowest BCUT2D eigenvalue weighted by molar-refractivity contribution is 0.0591. The zero-order chi connectivity index (χ0) is 32.4. The topological polar surface area (TPSA) is 147 Å². The first kappa shape index (κ1) is 31.1. The van der Waals surface area contributed by atoms with Gasteiger partial charge in [0.25, 0.3) is 5.91 Å². The molecular formula is C36H32N6O5. The van der Waals surface area contributed by atoms with Crippen molar-refractivity contribution in [2.45, 2.75) is 11.8 Å². The summed E-state index contributed by atoms with van der Waals surface area (Å²) in [5.74, 6) is 0.833. The maximum Gasteiger partial charge on any atom is 0.358 e. The largest absolute Gasteiger partial charge is 0.476 e. The molecule has 1 amide bonds. The van der Waals surface area contributed by atoms with Crippen LogP contribution in [0, 0.1) is 0 Å². The molecule has 11 nitrogen and oxygen atoms in total. The van der Waals surface area contributed by atoms with Crippen molar-refractivity contribution >= 4 is 11.9 Å². The molecular weight excluding hydrogens is 596 g/mol. The van der Waals surface area contributed by atoms with Crippen LogP contribution in [0.15, 0.2) is 131 Å². The van der Waals surface area contributed by atoms with Gasteiger partial charge in [-0.2, -0.15) is 0 Å². The van der Waals surface area contributed by atoms with Crippen LogP contribution in [-0.2, 0) is 0 Å². The Morgan fingerprint density at radius 2 is 1.15 bits per heavy atom. The van der Waals surface area contributed by atoms with Crippen LogP contribution in [0.1, 0.15) is 43.9 Å². The summed E-state index contributed by atoms with van der Waals surface area (Å²) < 4.78 is 10.1. The van der Waals surface area contributed by atoms with Gasteiger partial charge in [0.1, 0.15) is 11.4 Å². The number of carbonyl (C=O) groups is 2. The van der Waals surface area contributed by atoms with Crippen molar-refractivity contribution in [1.29, 1.82) is 0 Å². The second-order valence-corrected chi connectivity index (χ2v) is 11.0. The fourth-order valence-corrected chi connectivity index (χ4v) is 5.00. The highest BCUT2D eigenvalue weighted by molar-refractivity contribution is 5.93. The number of aromatic nitrogens is 4. The number of amides is 1. The van der Waals surface area contributed by atoms with Crippen molar-refractivity contribution in [3.8, 4) is 22.9 Å². The van der Waals surface area contributed by atoms with E-state index in [1.165, 1.54) is 17.2 Å². The van der Waals surface area contributed by atoms with Crippen LogP contribution in [0.2, 0.25) is 0 Å². The van der Waals surface area contributed by atoms with Crippen LogP contribution in [0.4, 0.5) is 0 Å². The second kappa shape index (κ2) is 14.9. The first-order valence-corrected chi connectivity index (χ1v) is 15.1. The average Bonchev–Trinajstić information content (AvgIpc) is 3.78. The molecule has 6 aromatic rings. The minimum atomic E-state index is -1.11. The van der Waals surface area contributed by atoms with Crippen LogP contribution in [0.3, 0.4) is 0 Å². The van der Waals surface area contributed by atoms with E-state index in [2.05, 4.69) is 68.1 Å². The van der Waals surface area contributed by atoms with E-state index in [1.807, 2.05) is 36.4 Å². The number of likely N-dealkylation sites (tertiary alicyclic amines) is 1. The lowest BCUT2D eigenvalue weighted by Crippen LogP contribution is -2.48. The summed E-state index contributed by atoms with van der Waals surface area (Å²) in [6.07, 6.45) is 3.28. The van der Waals surface area contributed by atoms with Crippen LogP contribution >= 0.6 is 0 Å². The zero-order valence-electron chi connectivity index (χ0n) is 25.3. The maximum absolute atomic E-state index is 12.4. The summed E-state index contributed by atoms with van der Waals surface area (Å²) in [7, 11) is 0. The van der Waals surface area contributed by atoms with Crippen molar-refractivity contribution in [1.82, 2.24) is 30.5 Å². The van der Waals surface area contributed by atoms with Gasteiger partial charge >= 0.3 is 5.97 Å². The molecule has 2 N–H and O–H groups in total. The van der Waals surface area contributed by atoms with Gasteiger partial charge in [-0.25, -0.2) is 4.79 Å². The fraction of sp³-hybridized carbons (Fsp3) is 0.167. The van der Waals surface area contributed by atoms with E-state index in [9.17, 15) is 9.59 Å². The number of aromatic carboxylic acids is 1. The molecule has 2 saturated heterocycles. The summed E-state index contributed by atoms with van der Waals surface area (Å²) in [6, 6.07) is 34.7. The number of pyridine rings is 2. The SMILES string of the molecule is O=C(O)c1cc(-c2ccccn2)on1.O=C(c1cc(-c2ccccn2)on1)N1CC(c2ccccc2)C1.c1ccc(C2CNC2)cc1. The van der Waals surface area contributed by atoms with Crippen LogP contribution in [0.5, 0.6) is 0 Å². The summed E-state index contributed by atoms with van der Waals surface area (Å²) in [4.78, 5) is 32.9. The van der Waals surface area contributed by atoms with Gasteiger partial charge in [-0.15, -0.1) is 0 Å². The lowest BCUT2D eigenvalue weighted by atomic mass is 9.91. The third kappa shape index (κ3) is 7.84. The molecule has 0 spiro atoms. The monoisotopic (exact) mass is 628 g/mol. The molecule has 4 aromatic heterocycles. The molecule has 0 unspecified atom stereocenters. The van der Waals surface area contributed by atoms with Crippen molar-refractivity contribution in [3.05, 3.63) is 144 Å². The predicted octanol–water partition coefficient (Wildman–Crippen LogP) is 5.78. The minimum absolute atomic E-state index is 0.0943. The normalized spacial score (nSPS) is 14.0. The third-order valence-corrected chi connectivity index (χ3v) is 7.79. The van der Waals surface area contributed by atoms with Gasteiger partial charge in [-0.1, -0.05) is 83.1 Å². The van der Waals surface area contributed by atoms with E-state index < -0.39 is 5.97 Å². The van der Waals surface area contributed by atoms with E-state index in [0.29, 0.717) is 47.6 Å². The molecule has 6 heterocycles. The standard InChI is InChI=1S/C18H15N3O2.C9H6N2O3.C9H11N/c22-18(21-11-14(12-21)13-6-2-1-3-7-13)16-10-17(23-20-16)15-8-4-5-9-19-15;12-9(13)7-5-8(14-11-7)6-3-1-2-4-10-6;1-2-4-8(5-3-1)9-6-10-7-9/h1-10,14H,11-12H2;1-5H,(H,12,13);1-5,9-10H,6-7H2. The summed E-state index contributed by atoms with van der Waals surface area (Å²) >= 11 is 0. The Hall–Kier alpha value is -5.94. The van der Waals surface area contributed by atoms with Crippen LogP contribution < -0.4 is 5.32 Å². The lowest BCUT2D eigenvalue weighted by Gasteiger charge is -2.39. The first-order chi connectivity index (χ1) is 23.0. The Kier molecular flexibility index (Phi) is 9.84. The number of rotatable bonds is 6. The van der Waals surface area contributed by atoms with E-state index in [4.69, 9.17) is 14.2 Å². The number of carbonyl (C=O) groups excluding carboxylic acids is 1. The highest BCUT2D eigenvalue weighted by atomic mass is 16.5. The molecule has 2 aliphatic rings. The molecule has 8 rings (SSSR count). The molecule has 2 aromatic carbocycles. The molecule has 11 heteroatoms. The van der Waals surface area contributed by atoms with Gasteiger partial charge in [0, 0.05) is 62.5 Å². The van der Waals surface area contributed by atoms with E-state index in [0.717, 1.165) is 19.0 Å². The highest BCUT2D eigenvalue weighted by Crippen LogP contribution is 2.28. The Morgan fingerprint density at radius 1 is 0.660 bits per heavy atom. The van der Waals surface area contributed by atoms with Crippen molar-refractivity contribution in [2.75, 3.05) is 26.2 Å². The van der Waals surface area contributed by atoms with Gasteiger partial charge in [0.2, 0.25) is 0 Å². The van der Waals surface area contributed by atoms with Crippen molar-refractivity contribution in [2.24, 2.45) is 0 Å². The smallest absolute Gasteiger partial charge is 0.358 e. The first-order valence-electron chi connectivity index (χ1n) is 15.1. The Labute approximate surface area is 270 Å². The molecule has 2 fully saturated rings. The van der Waals surface area contributed by atoms with E-state index in [-0.39, 0.29) is 11.6 Å². The number of nitrogens with one attached hydrogen (secondary N) is 1. The molecule has 0 saturated carbocycles. The molecule has 2 aliphatic heterocycles. The number of carboxylic acids is 1. The molecule has 0 bridgehead atoms. The number of benzene rings is 2.